The van der Waals surface area contributed by atoms with E-state index in [9.17, 15) is 17.6 Å². The van der Waals surface area contributed by atoms with Crippen molar-refractivity contribution in [3.05, 3.63) is 59.9 Å². The molecule has 1 N–H and O–H groups in total. The van der Waals surface area contributed by atoms with E-state index < -0.39 is 10.0 Å². The van der Waals surface area contributed by atoms with Crippen LogP contribution in [-0.2, 0) is 21.4 Å². The maximum absolute atomic E-state index is 12.9. The molecule has 0 heterocycles. The van der Waals surface area contributed by atoms with Gasteiger partial charge in [-0.05, 0) is 48.9 Å². The van der Waals surface area contributed by atoms with Crippen molar-refractivity contribution in [2.45, 2.75) is 19.9 Å². The number of nitrogens with one attached hydrogen (secondary N) is 1. The summed E-state index contributed by atoms with van der Waals surface area (Å²) in [6, 6.07) is 12.5. The van der Waals surface area contributed by atoms with Crippen molar-refractivity contribution < 1.29 is 22.3 Å². The molecule has 6 nitrogen and oxygen atoms in total. The van der Waals surface area contributed by atoms with Gasteiger partial charge in [0, 0.05) is 19.5 Å². The van der Waals surface area contributed by atoms with Crippen LogP contribution < -0.4 is 14.4 Å². The maximum atomic E-state index is 12.9. The van der Waals surface area contributed by atoms with Crippen LogP contribution in [0.3, 0.4) is 0 Å². The summed E-state index contributed by atoms with van der Waals surface area (Å²) in [5.41, 5.74) is 1.23. The number of anilines is 1. The molecule has 0 fully saturated rings. The summed E-state index contributed by atoms with van der Waals surface area (Å²) in [6.45, 7) is 2.65. The van der Waals surface area contributed by atoms with E-state index in [0.717, 1.165) is 11.8 Å². The standard InChI is InChI=1S/C19H23FN2O4S/c1-3-26-18-10-8-17(9-11-18)22(27(2,24)25)13-12-19(23)21-14-15-4-6-16(20)7-5-15/h4-11H,3,12-14H2,1-2H3,(H,21,23). The number of ether oxygens (including phenoxy) is 1. The third kappa shape index (κ3) is 6.56. The molecule has 0 aliphatic rings. The van der Waals surface area contributed by atoms with Crippen molar-refractivity contribution >= 4 is 21.6 Å². The van der Waals surface area contributed by atoms with Gasteiger partial charge in [0.15, 0.2) is 0 Å². The molecule has 27 heavy (non-hydrogen) atoms. The number of amides is 1. The zero-order valence-corrected chi connectivity index (χ0v) is 16.1. The monoisotopic (exact) mass is 394 g/mol. The van der Waals surface area contributed by atoms with Crippen LogP contribution in [0.4, 0.5) is 10.1 Å². The molecule has 0 aromatic heterocycles. The summed E-state index contributed by atoms with van der Waals surface area (Å²) in [5, 5.41) is 2.70. The van der Waals surface area contributed by atoms with Crippen LogP contribution in [0.1, 0.15) is 18.9 Å². The van der Waals surface area contributed by atoms with Gasteiger partial charge in [-0.1, -0.05) is 12.1 Å². The summed E-state index contributed by atoms with van der Waals surface area (Å²) in [5.74, 6) is 0.00915. The minimum atomic E-state index is -3.54. The number of halogens is 1. The first-order valence-electron chi connectivity index (χ1n) is 8.51. The second kappa shape index (κ2) is 9.36. The molecule has 0 saturated heterocycles. The molecule has 0 aliphatic carbocycles. The van der Waals surface area contributed by atoms with Gasteiger partial charge >= 0.3 is 0 Å². The lowest BCUT2D eigenvalue weighted by molar-refractivity contribution is -0.121. The van der Waals surface area contributed by atoms with Gasteiger partial charge in [0.25, 0.3) is 0 Å². The first-order valence-corrected chi connectivity index (χ1v) is 10.4. The molecule has 146 valence electrons. The molecule has 2 aromatic carbocycles. The van der Waals surface area contributed by atoms with E-state index in [1.54, 1.807) is 36.4 Å². The summed E-state index contributed by atoms with van der Waals surface area (Å²) in [6.07, 6.45) is 1.10. The zero-order valence-electron chi connectivity index (χ0n) is 15.3. The topological polar surface area (TPSA) is 75.7 Å². The number of hydrogen-bond acceptors (Lipinski definition) is 4. The fraction of sp³-hybridized carbons (Fsp3) is 0.316. The third-order valence-corrected chi connectivity index (χ3v) is 4.97. The van der Waals surface area contributed by atoms with Crippen LogP contribution in [0.15, 0.2) is 48.5 Å². The molecule has 8 heteroatoms. The normalized spacial score (nSPS) is 11.1. The van der Waals surface area contributed by atoms with Gasteiger partial charge in [0.05, 0.1) is 18.6 Å². The van der Waals surface area contributed by atoms with Crippen LogP contribution in [0, 0.1) is 5.82 Å². The Bertz CT molecular complexity index is 852. The van der Waals surface area contributed by atoms with Crippen LogP contribution in [0.2, 0.25) is 0 Å². The molecule has 0 spiro atoms. The van der Waals surface area contributed by atoms with Gasteiger partial charge < -0.3 is 10.1 Å². The molecule has 0 unspecified atom stereocenters. The van der Waals surface area contributed by atoms with Gasteiger partial charge in [-0.2, -0.15) is 0 Å². The Labute approximate surface area is 159 Å². The summed E-state index contributed by atoms with van der Waals surface area (Å²) >= 11 is 0. The minimum absolute atomic E-state index is 0.00146. The van der Waals surface area contributed by atoms with E-state index >= 15 is 0 Å². The number of carbonyl (C=O) groups excluding carboxylic acids is 1. The molecular weight excluding hydrogens is 371 g/mol. The SMILES string of the molecule is CCOc1ccc(N(CCC(=O)NCc2ccc(F)cc2)S(C)(=O)=O)cc1. The van der Waals surface area contributed by atoms with E-state index in [4.69, 9.17) is 4.74 Å². The lowest BCUT2D eigenvalue weighted by Gasteiger charge is -2.22. The van der Waals surface area contributed by atoms with E-state index in [2.05, 4.69) is 5.32 Å². The predicted octanol–water partition coefficient (Wildman–Crippen LogP) is 2.70. The first-order chi connectivity index (χ1) is 12.8. The average Bonchev–Trinajstić information content (AvgIpc) is 2.62. The number of rotatable bonds is 9. The number of sulfonamides is 1. The van der Waals surface area contributed by atoms with Crippen molar-refractivity contribution in [2.24, 2.45) is 0 Å². The highest BCUT2D eigenvalue weighted by atomic mass is 32.2. The molecule has 0 saturated carbocycles. The molecule has 0 aliphatic heterocycles. The smallest absolute Gasteiger partial charge is 0.232 e. The highest BCUT2D eigenvalue weighted by Crippen LogP contribution is 2.22. The fourth-order valence-corrected chi connectivity index (χ4v) is 3.38. The second-order valence-corrected chi connectivity index (χ2v) is 7.82. The van der Waals surface area contributed by atoms with E-state index in [0.29, 0.717) is 18.0 Å². The Hall–Kier alpha value is -2.61. The molecule has 2 aromatic rings. The first kappa shape index (κ1) is 20.7. The molecule has 0 radical (unpaired) electrons. The Morgan fingerprint density at radius 1 is 1.11 bits per heavy atom. The van der Waals surface area contributed by atoms with Crippen molar-refractivity contribution in [3.8, 4) is 5.75 Å². The van der Waals surface area contributed by atoms with Crippen LogP contribution in [0.5, 0.6) is 5.75 Å². The van der Waals surface area contributed by atoms with Crippen LogP contribution >= 0.6 is 0 Å². The number of hydrogen-bond donors (Lipinski definition) is 1. The van der Waals surface area contributed by atoms with Crippen molar-refractivity contribution in [1.82, 2.24) is 5.32 Å². The van der Waals surface area contributed by atoms with Gasteiger partial charge in [-0.25, -0.2) is 12.8 Å². The molecule has 2 rings (SSSR count). The summed E-state index contributed by atoms with van der Waals surface area (Å²) in [7, 11) is -3.54. The summed E-state index contributed by atoms with van der Waals surface area (Å²) in [4.78, 5) is 12.1. The fourth-order valence-electron chi connectivity index (χ4n) is 2.46. The number of carbonyl (C=O) groups is 1. The number of nitrogens with zero attached hydrogens (tertiary/aromatic N) is 1. The minimum Gasteiger partial charge on any atom is -0.494 e. The Morgan fingerprint density at radius 2 is 1.74 bits per heavy atom. The molecule has 0 bridgehead atoms. The van der Waals surface area contributed by atoms with E-state index in [1.165, 1.54) is 16.4 Å². The zero-order chi connectivity index (χ0) is 19.9. The third-order valence-electron chi connectivity index (χ3n) is 3.78. The average molecular weight is 394 g/mol. The van der Waals surface area contributed by atoms with Gasteiger partial charge in [0.1, 0.15) is 11.6 Å². The molecule has 0 atom stereocenters. The highest BCUT2D eigenvalue weighted by Gasteiger charge is 2.18. The Kier molecular flexibility index (Phi) is 7.18. The highest BCUT2D eigenvalue weighted by molar-refractivity contribution is 7.92. The van der Waals surface area contributed by atoms with Crippen molar-refractivity contribution in [2.75, 3.05) is 23.7 Å². The molecule has 1 amide bonds. The maximum Gasteiger partial charge on any atom is 0.232 e. The lowest BCUT2D eigenvalue weighted by Crippen LogP contribution is -2.34. The Morgan fingerprint density at radius 3 is 2.30 bits per heavy atom. The predicted molar refractivity (Wildman–Crippen MR) is 103 cm³/mol. The van der Waals surface area contributed by atoms with Crippen molar-refractivity contribution in [3.63, 3.8) is 0 Å². The summed E-state index contributed by atoms with van der Waals surface area (Å²) < 4.78 is 43.6. The Balaban J connectivity index is 1.95. The largest absolute Gasteiger partial charge is 0.494 e. The van der Waals surface area contributed by atoms with Gasteiger partial charge in [0.2, 0.25) is 15.9 Å². The van der Waals surface area contributed by atoms with E-state index in [-0.39, 0.29) is 31.2 Å². The van der Waals surface area contributed by atoms with Crippen molar-refractivity contribution in [1.29, 1.82) is 0 Å². The van der Waals surface area contributed by atoms with Crippen LogP contribution in [-0.4, -0.2) is 33.7 Å². The van der Waals surface area contributed by atoms with Gasteiger partial charge in [-0.3, -0.25) is 9.10 Å². The lowest BCUT2D eigenvalue weighted by atomic mass is 10.2. The van der Waals surface area contributed by atoms with E-state index in [1.807, 2.05) is 6.92 Å². The number of benzene rings is 2. The van der Waals surface area contributed by atoms with Crippen LogP contribution in [0.25, 0.3) is 0 Å². The quantitative estimate of drug-likeness (QED) is 0.710. The second-order valence-electron chi connectivity index (χ2n) is 5.92. The molecular formula is C19H23FN2O4S. The van der Waals surface area contributed by atoms with Gasteiger partial charge in [-0.15, -0.1) is 0 Å².